The van der Waals surface area contributed by atoms with Gasteiger partial charge in [-0.1, -0.05) is 18.2 Å². The number of hydrogen-bond acceptors (Lipinski definition) is 2. The number of piperazine rings is 1. The molecule has 0 bridgehead atoms. The maximum absolute atomic E-state index is 3.59. The molecule has 0 amide bonds. The minimum atomic E-state index is 0.619. The molecule has 2 heterocycles. The van der Waals surface area contributed by atoms with Crippen molar-refractivity contribution in [2.45, 2.75) is 25.8 Å². The van der Waals surface area contributed by atoms with Gasteiger partial charge in [0.25, 0.3) is 0 Å². The molecule has 1 saturated heterocycles. The van der Waals surface area contributed by atoms with Gasteiger partial charge in [0.05, 0.1) is 0 Å². The van der Waals surface area contributed by atoms with Crippen LogP contribution in [0.3, 0.4) is 0 Å². The van der Waals surface area contributed by atoms with Crippen LogP contribution >= 0.6 is 0 Å². The van der Waals surface area contributed by atoms with Gasteiger partial charge in [-0.05, 0) is 37.3 Å². The van der Waals surface area contributed by atoms with Crippen molar-refractivity contribution < 1.29 is 0 Å². The van der Waals surface area contributed by atoms with Crippen LogP contribution in [-0.4, -0.2) is 36.1 Å². The highest BCUT2D eigenvalue weighted by Gasteiger charge is 2.38. The van der Waals surface area contributed by atoms with Gasteiger partial charge >= 0.3 is 0 Å². The third-order valence-electron chi connectivity index (χ3n) is 4.85. The maximum Gasteiger partial charge on any atom is 0.0459 e. The second-order valence-corrected chi connectivity index (χ2v) is 6.28. The number of nitrogens with one attached hydrogen (secondary N) is 2. The van der Waals surface area contributed by atoms with Crippen molar-refractivity contribution in [1.82, 2.24) is 15.2 Å². The highest BCUT2D eigenvalue weighted by atomic mass is 15.2. The fourth-order valence-corrected chi connectivity index (χ4v) is 3.77. The zero-order valence-electron chi connectivity index (χ0n) is 12.2. The molecule has 106 valence electrons. The molecule has 1 aromatic carbocycles. The van der Waals surface area contributed by atoms with Crippen molar-refractivity contribution in [3.63, 3.8) is 0 Å². The lowest BCUT2D eigenvalue weighted by Gasteiger charge is -2.35. The molecular formula is C17H23N3. The number of benzene rings is 1. The molecule has 1 saturated carbocycles. The van der Waals surface area contributed by atoms with Crippen molar-refractivity contribution in [1.29, 1.82) is 0 Å². The number of aromatic amines is 1. The fourth-order valence-electron chi connectivity index (χ4n) is 3.77. The summed E-state index contributed by atoms with van der Waals surface area (Å²) in [4.78, 5) is 6.29. The average Bonchev–Trinajstić information content (AvgIpc) is 3.25. The van der Waals surface area contributed by atoms with E-state index in [0.717, 1.165) is 19.0 Å². The summed E-state index contributed by atoms with van der Waals surface area (Å²) < 4.78 is 0. The van der Waals surface area contributed by atoms with E-state index in [9.17, 15) is 0 Å². The fraction of sp³-hybridized carbons (Fsp3) is 0.529. The third-order valence-corrected chi connectivity index (χ3v) is 4.85. The number of aromatic nitrogens is 1. The van der Waals surface area contributed by atoms with Crippen molar-refractivity contribution in [3.8, 4) is 0 Å². The lowest BCUT2D eigenvalue weighted by Crippen LogP contribution is -2.45. The topological polar surface area (TPSA) is 31.1 Å². The van der Waals surface area contributed by atoms with Crippen LogP contribution < -0.4 is 5.32 Å². The highest BCUT2D eigenvalue weighted by molar-refractivity contribution is 5.85. The van der Waals surface area contributed by atoms with Crippen molar-refractivity contribution in [2.75, 3.05) is 26.2 Å². The third kappa shape index (κ3) is 2.05. The number of H-pyrrole nitrogens is 1. The molecule has 2 aliphatic rings. The number of para-hydroxylation sites is 1. The van der Waals surface area contributed by atoms with E-state index in [-0.39, 0.29) is 0 Å². The van der Waals surface area contributed by atoms with E-state index in [0.29, 0.717) is 6.04 Å². The van der Waals surface area contributed by atoms with Gasteiger partial charge in [-0.3, -0.25) is 4.90 Å². The molecule has 1 aliphatic carbocycles. The van der Waals surface area contributed by atoms with Gasteiger partial charge in [0.15, 0.2) is 0 Å². The first-order chi connectivity index (χ1) is 9.84. The Kier molecular flexibility index (Phi) is 3.04. The van der Waals surface area contributed by atoms with E-state index >= 15 is 0 Å². The second kappa shape index (κ2) is 4.90. The number of hydrogen-bond donors (Lipinski definition) is 2. The Morgan fingerprint density at radius 3 is 2.65 bits per heavy atom. The van der Waals surface area contributed by atoms with Gasteiger partial charge in [-0.2, -0.15) is 0 Å². The number of nitrogens with zero attached hydrogens (tertiary/aromatic N) is 1. The molecule has 3 heteroatoms. The molecule has 20 heavy (non-hydrogen) atoms. The lowest BCUT2D eigenvalue weighted by molar-refractivity contribution is 0.156. The molecule has 0 spiro atoms. The summed E-state index contributed by atoms with van der Waals surface area (Å²) in [6.45, 7) is 6.86. The van der Waals surface area contributed by atoms with E-state index in [4.69, 9.17) is 0 Å². The maximum atomic E-state index is 3.59. The minimum Gasteiger partial charge on any atom is -0.358 e. The van der Waals surface area contributed by atoms with Gasteiger partial charge in [-0.15, -0.1) is 0 Å². The molecule has 3 nitrogen and oxygen atoms in total. The first-order valence-corrected chi connectivity index (χ1v) is 7.86. The molecule has 0 unspecified atom stereocenters. The van der Waals surface area contributed by atoms with Crippen molar-refractivity contribution in [3.05, 3.63) is 35.5 Å². The first kappa shape index (κ1) is 12.4. The quantitative estimate of drug-likeness (QED) is 0.897. The molecule has 1 aliphatic heterocycles. The standard InChI is InChI=1S/C17H23N3/c1-12-16(14-4-2-3-5-15(14)19-12)17(13-6-7-13)20-10-8-18-9-11-20/h2-5,13,17-19H,6-11H2,1H3/t17-/m1/s1. The van der Waals surface area contributed by atoms with E-state index in [1.807, 2.05) is 0 Å². The summed E-state index contributed by atoms with van der Waals surface area (Å²) in [6.07, 6.45) is 2.79. The van der Waals surface area contributed by atoms with Gasteiger partial charge in [0.1, 0.15) is 0 Å². The Morgan fingerprint density at radius 1 is 1.15 bits per heavy atom. The highest BCUT2D eigenvalue weighted by Crippen LogP contribution is 2.47. The van der Waals surface area contributed by atoms with E-state index in [1.54, 1.807) is 5.56 Å². The molecule has 2 fully saturated rings. The smallest absolute Gasteiger partial charge is 0.0459 e. The van der Waals surface area contributed by atoms with Crippen LogP contribution in [0.25, 0.3) is 10.9 Å². The Hall–Kier alpha value is -1.32. The van der Waals surface area contributed by atoms with Crippen LogP contribution in [0.1, 0.15) is 30.1 Å². The first-order valence-electron chi connectivity index (χ1n) is 7.86. The summed E-state index contributed by atoms with van der Waals surface area (Å²) >= 11 is 0. The van der Waals surface area contributed by atoms with E-state index in [1.165, 1.54) is 42.5 Å². The molecule has 1 atom stereocenters. The summed E-state index contributed by atoms with van der Waals surface area (Å²) in [5, 5.41) is 4.91. The van der Waals surface area contributed by atoms with Gasteiger partial charge in [0, 0.05) is 48.8 Å². The number of rotatable bonds is 3. The van der Waals surface area contributed by atoms with E-state index in [2.05, 4.69) is 46.4 Å². The second-order valence-electron chi connectivity index (χ2n) is 6.28. The van der Waals surface area contributed by atoms with Crippen LogP contribution in [0.5, 0.6) is 0 Å². The molecular weight excluding hydrogens is 246 g/mol. The van der Waals surface area contributed by atoms with Gasteiger partial charge in [-0.25, -0.2) is 0 Å². The molecule has 2 N–H and O–H groups in total. The van der Waals surface area contributed by atoms with Crippen LogP contribution in [-0.2, 0) is 0 Å². The molecule has 0 radical (unpaired) electrons. The van der Waals surface area contributed by atoms with Crippen LogP contribution in [0.4, 0.5) is 0 Å². The van der Waals surface area contributed by atoms with E-state index < -0.39 is 0 Å². The van der Waals surface area contributed by atoms with Gasteiger partial charge < -0.3 is 10.3 Å². The van der Waals surface area contributed by atoms with Crippen LogP contribution in [0.2, 0.25) is 0 Å². The molecule has 4 rings (SSSR count). The van der Waals surface area contributed by atoms with Crippen molar-refractivity contribution >= 4 is 10.9 Å². The van der Waals surface area contributed by atoms with Crippen molar-refractivity contribution in [2.24, 2.45) is 5.92 Å². The predicted octanol–water partition coefficient (Wildman–Crippen LogP) is 2.83. The lowest BCUT2D eigenvalue weighted by atomic mass is 9.97. The Morgan fingerprint density at radius 2 is 1.90 bits per heavy atom. The summed E-state index contributed by atoms with van der Waals surface area (Å²) in [6, 6.07) is 9.40. The summed E-state index contributed by atoms with van der Waals surface area (Å²) in [5.74, 6) is 0.867. The predicted molar refractivity (Wildman–Crippen MR) is 82.9 cm³/mol. The normalized spacial score (nSPS) is 22.2. The summed E-state index contributed by atoms with van der Waals surface area (Å²) in [5.41, 5.74) is 4.22. The largest absolute Gasteiger partial charge is 0.358 e. The Balaban J connectivity index is 1.79. The number of aryl methyl sites for hydroxylation is 1. The summed E-state index contributed by atoms with van der Waals surface area (Å²) in [7, 11) is 0. The van der Waals surface area contributed by atoms with Crippen LogP contribution in [0, 0.1) is 12.8 Å². The monoisotopic (exact) mass is 269 g/mol. The zero-order valence-corrected chi connectivity index (χ0v) is 12.2. The van der Waals surface area contributed by atoms with Crippen LogP contribution in [0.15, 0.2) is 24.3 Å². The molecule has 2 aromatic rings. The Labute approximate surface area is 120 Å². The SMILES string of the molecule is Cc1[nH]c2ccccc2c1[C@@H](C1CC1)N1CCNCC1. The minimum absolute atomic E-state index is 0.619. The Bertz CT molecular complexity index is 606. The number of fused-ring (bicyclic) bond motifs is 1. The molecule has 1 aromatic heterocycles. The zero-order chi connectivity index (χ0) is 13.5. The average molecular weight is 269 g/mol. The van der Waals surface area contributed by atoms with Gasteiger partial charge in [0.2, 0.25) is 0 Å².